The van der Waals surface area contributed by atoms with E-state index in [4.69, 9.17) is 9.47 Å². The van der Waals surface area contributed by atoms with Gasteiger partial charge in [0.25, 0.3) is 5.91 Å². The summed E-state index contributed by atoms with van der Waals surface area (Å²) in [6.07, 6.45) is 1.61. The van der Waals surface area contributed by atoms with Crippen LogP contribution >= 0.6 is 11.3 Å². The van der Waals surface area contributed by atoms with E-state index in [1.54, 1.807) is 70.5 Å². The zero-order valence-corrected chi connectivity index (χ0v) is 15.8. The van der Waals surface area contributed by atoms with Crippen LogP contribution in [0.25, 0.3) is 0 Å². The maximum Gasteiger partial charge on any atom is 0.338 e. The van der Waals surface area contributed by atoms with Crippen LogP contribution in [0.1, 0.15) is 45.0 Å². The average Bonchev–Trinajstić information content (AvgIpc) is 2.98. The van der Waals surface area contributed by atoms with E-state index in [1.165, 1.54) is 11.3 Å². The zero-order valence-electron chi connectivity index (χ0n) is 15.0. The van der Waals surface area contributed by atoms with E-state index in [-0.39, 0.29) is 5.91 Å². The number of nitrogens with one attached hydrogen (secondary N) is 1. The van der Waals surface area contributed by atoms with Gasteiger partial charge in [-0.1, -0.05) is 6.07 Å². The Bertz CT molecular complexity index is 749. The van der Waals surface area contributed by atoms with Crippen molar-refractivity contribution < 1.29 is 19.1 Å². The second-order valence-corrected chi connectivity index (χ2v) is 7.83. The molecule has 2 aromatic rings. The minimum absolute atomic E-state index is 0.329. The molecule has 1 aromatic heterocycles. The minimum atomic E-state index is -1.14. The Morgan fingerprint density at radius 1 is 1.16 bits per heavy atom. The molecule has 25 heavy (non-hydrogen) atoms. The molecule has 0 atom stereocenters. The lowest BCUT2D eigenvalue weighted by atomic mass is 10.1. The average molecular weight is 362 g/mol. The Morgan fingerprint density at radius 3 is 2.48 bits per heavy atom. The second kappa shape index (κ2) is 7.23. The first-order valence-corrected chi connectivity index (χ1v) is 8.68. The molecule has 0 fully saturated rings. The van der Waals surface area contributed by atoms with Crippen molar-refractivity contribution in [2.24, 2.45) is 0 Å². The summed E-state index contributed by atoms with van der Waals surface area (Å²) in [4.78, 5) is 28.6. The summed E-state index contributed by atoms with van der Waals surface area (Å²) in [5.74, 6) is -0.365. The molecule has 134 valence electrons. The molecule has 0 saturated carbocycles. The standard InChI is InChI=1S/C18H22N2O4S/c1-17(2,3)24-14(21)12-7-6-8-13(11-12)23-18(4,5)15(22)20-16-19-9-10-25-16/h6-11H,1-5H3,(H,19,20,22). The maximum atomic E-state index is 12.4. The molecule has 1 heterocycles. The number of benzene rings is 1. The fourth-order valence-corrected chi connectivity index (χ4v) is 2.42. The highest BCUT2D eigenvalue weighted by Gasteiger charge is 2.31. The third-order valence-electron chi connectivity index (χ3n) is 3.04. The summed E-state index contributed by atoms with van der Waals surface area (Å²) in [5, 5.41) is 4.98. The van der Waals surface area contributed by atoms with E-state index >= 15 is 0 Å². The van der Waals surface area contributed by atoms with Gasteiger partial charge in [-0.3, -0.25) is 10.1 Å². The molecule has 0 saturated heterocycles. The Morgan fingerprint density at radius 2 is 1.88 bits per heavy atom. The van der Waals surface area contributed by atoms with Crippen molar-refractivity contribution in [1.82, 2.24) is 4.98 Å². The molecule has 0 aliphatic carbocycles. The Hall–Kier alpha value is -2.41. The molecule has 1 amide bonds. The number of amides is 1. The van der Waals surface area contributed by atoms with Gasteiger partial charge in [-0.05, 0) is 52.8 Å². The van der Waals surface area contributed by atoms with Crippen molar-refractivity contribution in [1.29, 1.82) is 0 Å². The SMILES string of the molecule is CC(C)(C)OC(=O)c1cccc(OC(C)(C)C(=O)Nc2nccs2)c1. The van der Waals surface area contributed by atoms with Gasteiger partial charge < -0.3 is 9.47 Å². The predicted molar refractivity (Wildman–Crippen MR) is 97.1 cm³/mol. The number of carbonyl (C=O) groups excluding carboxylic acids is 2. The van der Waals surface area contributed by atoms with E-state index in [0.717, 1.165) is 0 Å². The summed E-state index contributed by atoms with van der Waals surface area (Å²) in [6, 6.07) is 6.58. The highest BCUT2D eigenvalue weighted by atomic mass is 32.1. The van der Waals surface area contributed by atoms with E-state index in [9.17, 15) is 9.59 Å². The topological polar surface area (TPSA) is 77.5 Å². The van der Waals surface area contributed by atoms with Crippen LogP contribution in [0.3, 0.4) is 0 Å². The summed E-state index contributed by atoms with van der Waals surface area (Å²) in [5.41, 5.74) is -1.36. The molecule has 1 N–H and O–H groups in total. The van der Waals surface area contributed by atoms with Crippen molar-refractivity contribution >= 4 is 28.3 Å². The number of rotatable bonds is 5. The highest BCUT2D eigenvalue weighted by molar-refractivity contribution is 7.13. The van der Waals surface area contributed by atoms with E-state index in [1.807, 2.05) is 0 Å². The highest BCUT2D eigenvalue weighted by Crippen LogP contribution is 2.23. The number of ether oxygens (including phenoxy) is 2. The zero-order chi connectivity index (χ0) is 18.7. The van der Waals surface area contributed by atoms with Crippen LogP contribution in [-0.2, 0) is 9.53 Å². The molecule has 2 rings (SSSR count). The number of nitrogens with zero attached hydrogens (tertiary/aromatic N) is 1. The number of hydrogen-bond acceptors (Lipinski definition) is 6. The van der Waals surface area contributed by atoms with Gasteiger partial charge in [0.1, 0.15) is 11.4 Å². The third kappa shape index (κ3) is 5.56. The van der Waals surface area contributed by atoms with Gasteiger partial charge in [-0.15, -0.1) is 11.3 Å². The minimum Gasteiger partial charge on any atom is -0.478 e. The van der Waals surface area contributed by atoms with Crippen molar-refractivity contribution in [2.45, 2.75) is 45.8 Å². The Kier molecular flexibility index (Phi) is 5.47. The smallest absolute Gasteiger partial charge is 0.338 e. The van der Waals surface area contributed by atoms with Crippen molar-refractivity contribution in [2.75, 3.05) is 5.32 Å². The number of esters is 1. The second-order valence-electron chi connectivity index (χ2n) is 6.93. The summed E-state index contributed by atoms with van der Waals surface area (Å²) < 4.78 is 11.1. The number of aromatic nitrogens is 1. The first-order chi connectivity index (χ1) is 11.6. The first kappa shape index (κ1) is 18.9. The van der Waals surface area contributed by atoms with Gasteiger partial charge in [0.2, 0.25) is 0 Å². The molecule has 0 spiro atoms. The quantitative estimate of drug-likeness (QED) is 0.817. The molecule has 0 aliphatic heterocycles. The molecule has 0 bridgehead atoms. The van der Waals surface area contributed by atoms with Gasteiger partial charge in [-0.2, -0.15) is 0 Å². The third-order valence-corrected chi connectivity index (χ3v) is 3.73. The van der Waals surface area contributed by atoms with Crippen LogP contribution < -0.4 is 10.1 Å². The van der Waals surface area contributed by atoms with Gasteiger partial charge in [0.15, 0.2) is 10.7 Å². The molecule has 6 nitrogen and oxygen atoms in total. The number of thiazole rings is 1. The van der Waals surface area contributed by atoms with Gasteiger partial charge in [-0.25, -0.2) is 9.78 Å². The normalized spacial score (nSPS) is 11.7. The summed E-state index contributed by atoms with van der Waals surface area (Å²) in [6.45, 7) is 8.71. The lowest BCUT2D eigenvalue weighted by molar-refractivity contribution is -0.128. The van der Waals surface area contributed by atoms with Crippen LogP contribution in [0, 0.1) is 0 Å². The van der Waals surface area contributed by atoms with Crippen molar-refractivity contribution in [3.8, 4) is 5.75 Å². The molecule has 0 unspecified atom stereocenters. The summed E-state index contributed by atoms with van der Waals surface area (Å²) in [7, 11) is 0. The summed E-state index contributed by atoms with van der Waals surface area (Å²) >= 11 is 1.33. The molecular weight excluding hydrogens is 340 g/mol. The lowest BCUT2D eigenvalue weighted by Crippen LogP contribution is -2.42. The first-order valence-electron chi connectivity index (χ1n) is 7.80. The van der Waals surface area contributed by atoms with Crippen LogP contribution in [0.2, 0.25) is 0 Å². The Labute approximate surface area is 151 Å². The van der Waals surface area contributed by atoms with Crippen LogP contribution in [-0.4, -0.2) is 28.1 Å². The number of carbonyl (C=O) groups is 2. The molecule has 7 heteroatoms. The predicted octanol–water partition coefficient (Wildman–Crippen LogP) is 3.89. The van der Waals surface area contributed by atoms with E-state index < -0.39 is 17.2 Å². The van der Waals surface area contributed by atoms with Gasteiger partial charge in [0, 0.05) is 11.6 Å². The largest absolute Gasteiger partial charge is 0.478 e. The molecule has 1 aromatic carbocycles. The lowest BCUT2D eigenvalue weighted by Gasteiger charge is -2.25. The van der Waals surface area contributed by atoms with Crippen molar-refractivity contribution in [3.63, 3.8) is 0 Å². The van der Waals surface area contributed by atoms with Gasteiger partial charge in [0.05, 0.1) is 5.56 Å². The monoisotopic (exact) mass is 362 g/mol. The fourth-order valence-electron chi connectivity index (χ4n) is 1.90. The van der Waals surface area contributed by atoms with Crippen LogP contribution in [0.15, 0.2) is 35.8 Å². The maximum absolute atomic E-state index is 12.4. The van der Waals surface area contributed by atoms with E-state index in [2.05, 4.69) is 10.3 Å². The van der Waals surface area contributed by atoms with Crippen LogP contribution in [0.4, 0.5) is 5.13 Å². The molecule has 0 aliphatic rings. The van der Waals surface area contributed by atoms with Crippen LogP contribution in [0.5, 0.6) is 5.75 Å². The van der Waals surface area contributed by atoms with Crippen molar-refractivity contribution in [3.05, 3.63) is 41.4 Å². The van der Waals surface area contributed by atoms with Gasteiger partial charge >= 0.3 is 5.97 Å². The number of anilines is 1. The number of hydrogen-bond donors (Lipinski definition) is 1. The Balaban J connectivity index is 2.09. The fraction of sp³-hybridized carbons (Fsp3) is 0.389. The van der Waals surface area contributed by atoms with E-state index in [0.29, 0.717) is 16.4 Å². The molecular formula is C18H22N2O4S. The molecule has 0 radical (unpaired) electrons.